The summed E-state index contributed by atoms with van der Waals surface area (Å²) in [7, 11) is 0. The van der Waals surface area contributed by atoms with E-state index in [9.17, 15) is 15.0 Å². The van der Waals surface area contributed by atoms with E-state index >= 15 is 0 Å². The topological polar surface area (TPSA) is 57.5 Å². The number of hydrogen-bond acceptors (Lipinski definition) is 4. The number of aliphatic hydroxyl groups is 1. The Morgan fingerprint density at radius 3 is 2.63 bits per heavy atom. The minimum Gasteiger partial charge on any atom is -0.506 e. The summed E-state index contributed by atoms with van der Waals surface area (Å²) < 4.78 is 0.904. The smallest absolute Gasteiger partial charge is 0.179 e. The molecule has 1 aromatic heterocycles. The van der Waals surface area contributed by atoms with Crippen LogP contribution < -0.4 is 0 Å². The van der Waals surface area contributed by atoms with Crippen molar-refractivity contribution in [2.45, 2.75) is 37.7 Å². The molecule has 19 heavy (non-hydrogen) atoms. The van der Waals surface area contributed by atoms with Crippen LogP contribution in [0.15, 0.2) is 24.3 Å². The van der Waals surface area contributed by atoms with Crippen LogP contribution in [0, 0.1) is 0 Å². The third-order valence-corrected chi connectivity index (χ3v) is 5.05. The second-order valence-electron chi connectivity index (χ2n) is 5.31. The average molecular weight is 276 g/mol. The van der Waals surface area contributed by atoms with Gasteiger partial charge in [-0.2, -0.15) is 0 Å². The second kappa shape index (κ2) is 4.62. The summed E-state index contributed by atoms with van der Waals surface area (Å²) in [6.45, 7) is 0. The zero-order valence-corrected chi connectivity index (χ0v) is 11.4. The first kappa shape index (κ1) is 12.6. The predicted molar refractivity (Wildman–Crippen MR) is 75.9 cm³/mol. The molecule has 1 aliphatic rings. The van der Waals surface area contributed by atoms with Gasteiger partial charge in [0, 0.05) is 16.5 Å². The number of rotatable bonds is 3. The van der Waals surface area contributed by atoms with Gasteiger partial charge in [-0.25, -0.2) is 0 Å². The SMILES string of the molecule is O=C(CC1(O)CCCC1)c1sc2ccccc2c1O. The Morgan fingerprint density at radius 2 is 1.95 bits per heavy atom. The Balaban J connectivity index is 1.91. The van der Waals surface area contributed by atoms with Crippen molar-refractivity contribution in [2.75, 3.05) is 0 Å². The Labute approximate surface area is 115 Å². The Bertz CT molecular complexity index is 623. The van der Waals surface area contributed by atoms with Crippen LogP contribution in [0.25, 0.3) is 10.1 Å². The van der Waals surface area contributed by atoms with Crippen LogP contribution in [-0.2, 0) is 0 Å². The first-order chi connectivity index (χ1) is 9.09. The highest BCUT2D eigenvalue weighted by atomic mass is 32.1. The van der Waals surface area contributed by atoms with E-state index in [2.05, 4.69) is 0 Å². The fourth-order valence-electron chi connectivity index (χ4n) is 2.81. The van der Waals surface area contributed by atoms with Gasteiger partial charge in [-0.3, -0.25) is 4.79 Å². The van der Waals surface area contributed by atoms with Crippen molar-refractivity contribution in [1.29, 1.82) is 0 Å². The van der Waals surface area contributed by atoms with Crippen molar-refractivity contribution in [1.82, 2.24) is 0 Å². The maximum atomic E-state index is 12.3. The molecule has 0 aliphatic heterocycles. The molecule has 3 rings (SSSR count). The third kappa shape index (κ3) is 2.26. The first-order valence-corrected chi connectivity index (χ1v) is 7.37. The van der Waals surface area contributed by atoms with Crippen LogP contribution in [0.3, 0.4) is 0 Å². The molecule has 2 N–H and O–H groups in total. The number of hydrogen-bond donors (Lipinski definition) is 2. The summed E-state index contributed by atoms with van der Waals surface area (Å²) in [6, 6.07) is 7.42. The van der Waals surface area contributed by atoms with Crippen molar-refractivity contribution in [3.05, 3.63) is 29.1 Å². The van der Waals surface area contributed by atoms with Gasteiger partial charge in [0.15, 0.2) is 5.78 Å². The Kier molecular flexibility index (Phi) is 3.07. The van der Waals surface area contributed by atoms with E-state index in [4.69, 9.17) is 0 Å². The number of benzene rings is 1. The van der Waals surface area contributed by atoms with Crippen LogP contribution in [0.2, 0.25) is 0 Å². The maximum Gasteiger partial charge on any atom is 0.179 e. The minimum atomic E-state index is -0.861. The van der Waals surface area contributed by atoms with Gasteiger partial charge in [0.1, 0.15) is 10.6 Å². The quantitative estimate of drug-likeness (QED) is 0.844. The number of carbonyl (C=O) groups is 1. The van der Waals surface area contributed by atoms with Gasteiger partial charge >= 0.3 is 0 Å². The van der Waals surface area contributed by atoms with E-state index in [1.165, 1.54) is 11.3 Å². The van der Waals surface area contributed by atoms with E-state index in [1.807, 2.05) is 24.3 Å². The lowest BCUT2D eigenvalue weighted by atomic mass is 9.94. The number of Topliss-reactive ketones (excluding diaryl/α,β-unsaturated/α-hetero) is 1. The highest BCUT2D eigenvalue weighted by Crippen LogP contribution is 2.40. The van der Waals surface area contributed by atoms with Crippen molar-refractivity contribution >= 4 is 27.2 Å². The largest absolute Gasteiger partial charge is 0.506 e. The molecule has 1 heterocycles. The fraction of sp³-hybridized carbons (Fsp3) is 0.400. The first-order valence-electron chi connectivity index (χ1n) is 6.55. The van der Waals surface area contributed by atoms with E-state index < -0.39 is 5.60 Å². The van der Waals surface area contributed by atoms with Crippen molar-refractivity contribution in [2.24, 2.45) is 0 Å². The molecule has 0 saturated heterocycles. The van der Waals surface area contributed by atoms with Gasteiger partial charge in [0.2, 0.25) is 0 Å². The zero-order valence-electron chi connectivity index (χ0n) is 10.6. The second-order valence-corrected chi connectivity index (χ2v) is 6.36. The van der Waals surface area contributed by atoms with Crippen molar-refractivity contribution < 1.29 is 15.0 Å². The molecule has 1 saturated carbocycles. The van der Waals surface area contributed by atoms with Crippen molar-refractivity contribution in [3.8, 4) is 5.75 Å². The fourth-order valence-corrected chi connectivity index (χ4v) is 3.84. The lowest BCUT2D eigenvalue weighted by Gasteiger charge is -2.20. The van der Waals surface area contributed by atoms with Gasteiger partial charge in [-0.05, 0) is 25.0 Å². The molecule has 2 aromatic rings. The molecule has 3 nitrogen and oxygen atoms in total. The lowest BCUT2D eigenvalue weighted by molar-refractivity contribution is 0.0367. The molecule has 1 fully saturated rings. The van der Waals surface area contributed by atoms with E-state index in [0.717, 1.165) is 17.5 Å². The summed E-state index contributed by atoms with van der Waals surface area (Å²) in [5.41, 5.74) is -0.861. The van der Waals surface area contributed by atoms with Crippen LogP contribution in [0.5, 0.6) is 5.75 Å². The summed E-state index contributed by atoms with van der Waals surface area (Å²) in [5, 5.41) is 21.1. The molecule has 100 valence electrons. The summed E-state index contributed by atoms with van der Waals surface area (Å²) in [5.74, 6) is -0.0877. The van der Waals surface area contributed by atoms with Crippen LogP contribution in [0.4, 0.5) is 0 Å². The number of thiophene rings is 1. The van der Waals surface area contributed by atoms with E-state index in [0.29, 0.717) is 23.1 Å². The minimum absolute atomic E-state index is 0.0622. The molecular formula is C15H16O3S. The summed E-state index contributed by atoms with van der Waals surface area (Å²) in [4.78, 5) is 12.7. The van der Waals surface area contributed by atoms with Crippen LogP contribution in [-0.4, -0.2) is 21.6 Å². The molecular weight excluding hydrogens is 260 g/mol. The van der Waals surface area contributed by atoms with Gasteiger partial charge in [-0.15, -0.1) is 11.3 Å². The van der Waals surface area contributed by atoms with Crippen LogP contribution in [0.1, 0.15) is 41.8 Å². The number of aromatic hydroxyl groups is 1. The maximum absolute atomic E-state index is 12.3. The Morgan fingerprint density at radius 1 is 1.26 bits per heavy atom. The molecule has 0 atom stereocenters. The summed E-state index contributed by atoms with van der Waals surface area (Å²) >= 11 is 1.30. The molecule has 4 heteroatoms. The van der Waals surface area contributed by atoms with Gasteiger partial charge in [0.25, 0.3) is 0 Å². The normalized spacial score (nSPS) is 17.9. The standard InChI is InChI=1S/C15H16O3S/c16-11(9-15(18)7-3-4-8-15)14-13(17)10-5-1-2-6-12(10)19-14/h1-2,5-6,17-18H,3-4,7-9H2. The monoisotopic (exact) mass is 276 g/mol. The molecule has 0 spiro atoms. The number of fused-ring (bicyclic) bond motifs is 1. The van der Waals surface area contributed by atoms with Gasteiger partial charge in [-0.1, -0.05) is 25.0 Å². The number of ketones is 1. The molecule has 0 unspecified atom stereocenters. The Hall–Kier alpha value is -1.39. The van der Waals surface area contributed by atoms with Gasteiger partial charge in [0.05, 0.1) is 5.60 Å². The van der Waals surface area contributed by atoms with Crippen molar-refractivity contribution in [3.63, 3.8) is 0 Å². The van der Waals surface area contributed by atoms with E-state index in [-0.39, 0.29) is 18.0 Å². The molecule has 0 bridgehead atoms. The molecule has 0 amide bonds. The average Bonchev–Trinajstić information content (AvgIpc) is 2.95. The van der Waals surface area contributed by atoms with Crippen LogP contribution >= 0.6 is 11.3 Å². The highest BCUT2D eigenvalue weighted by Gasteiger charge is 2.34. The number of carbonyl (C=O) groups excluding carboxylic acids is 1. The predicted octanol–water partition coefficient (Wildman–Crippen LogP) is 3.48. The zero-order chi connectivity index (χ0) is 13.5. The molecule has 1 aliphatic carbocycles. The third-order valence-electron chi connectivity index (χ3n) is 3.85. The highest BCUT2D eigenvalue weighted by molar-refractivity contribution is 7.21. The summed E-state index contributed by atoms with van der Waals surface area (Å²) in [6.07, 6.45) is 3.44. The van der Waals surface area contributed by atoms with Gasteiger partial charge < -0.3 is 10.2 Å². The molecule has 1 aromatic carbocycles. The lowest BCUT2D eigenvalue weighted by Crippen LogP contribution is -2.27. The molecule has 0 radical (unpaired) electrons. The van der Waals surface area contributed by atoms with E-state index in [1.54, 1.807) is 0 Å².